The highest BCUT2D eigenvalue weighted by Gasteiger charge is 2.24. The van der Waals surface area contributed by atoms with Crippen LogP contribution in [0.25, 0.3) is 11.4 Å². The molecule has 9 nitrogen and oxygen atoms in total. The molecule has 2 N–H and O–H groups in total. The largest absolute Gasteiger partial charge is 0.501 e. The molecule has 0 amide bonds. The van der Waals surface area contributed by atoms with Gasteiger partial charge in [-0.15, -0.1) is 0 Å². The van der Waals surface area contributed by atoms with Crippen LogP contribution >= 0.6 is 0 Å². The first-order valence-electron chi connectivity index (χ1n) is 7.74. The summed E-state index contributed by atoms with van der Waals surface area (Å²) in [4.78, 5) is 28.1. The Hall–Kier alpha value is -2.95. The molecule has 2 rings (SSSR count). The Kier molecular flexibility index (Phi) is 5.84. The van der Waals surface area contributed by atoms with Crippen molar-refractivity contribution in [3.05, 3.63) is 40.1 Å². The SMILES string of the molecule is CCOC(=O)c1nc(-c2c(F)cccc2NCS(C)(=O)=O)n(C)c(=O)c1O. The maximum atomic E-state index is 14.5. The van der Waals surface area contributed by atoms with Crippen molar-refractivity contribution in [2.24, 2.45) is 7.05 Å². The smallest absolute Gasteiger partial charge is 0.361 e. The first kappa shape index (κ1) is 20.4. The normalized spacial score (nSPS) is 11.3. The lowest BCUT2D eigenvalue weighted by Crippen LogP contribution is -2.24. The van der Waals surface area contributed by atoms with Gasteiger partial charge in [0.2, 0.25) is 5.75 Å². The number of aromatic hydroxyl groups is 1. The number of ether oxygens (including phenoxy) is 1. The van der Waals surface area contributed by atoms with Crippen molar-refractivity contribution in [2.75, 3.05) is 24.1 Å². The van der Waals surface area contributed by atoms with Gasteiger partial charge < -0.3 is 15.2 Å². The van der Waals surface area contributed by atoms with Gasteiger partial charge in [0.05, 0.1) is 12.2 Å². The zero-order valence-electron chi connectivity index (χ0n) is 14.8. The Morgan fingerprint density at radius 3 is 2.67 bits per heavy atom. The lowest BCUT2D eigenvalue weighted by atomic mass is 10.1. The van der Waals surface area contributed by atoms with Crippen LogP contribution in [-0.2, 0) is 21.6 Å². The van der Waals surface area contributed by atoms with E-state index in [1.165, 1.54) is 26.1 Å². The average Bonchev–Trinajstić information content (AvgIpc) is 2.58. The predicted octanol–water partition coefficient (Wildman–Crippen LogP) is 0.883. The Bertz CT molecular complexity index is 1050. The van der Waals surface area contributed by atoms with Crippen LogP contribution < -0.4 is 10.9 Å². The summed E-state index contributed by atoms with van der Waals surface area (Å²) < 4.78 is 42.9. The number of hydrogen-bond donors (Lipinski definition) is 2. The van der Waals surface area contributed by atoms with Gasteiger partial charge in [-0.1, -0.05) is 6.07 Å². The molecule has 0 unspecified atom stereocenters. The van der Waals surface area contributed by atoms with Crippen molar-refractivity contribution >= 4 is 21.5 Å². The number of rotatable bonds is 6. The fraction of sp³-hybridized carbons (Fsp3) is 0.312. The number of nitrogens with one attached hydrogen (secondary N) is 1. The van der Waals surface area contributed by atoms with E-state index in [9.17, 15) is 27.5 Å². The molecule has 0 aliphatic rings. The standard InChI is InChI=1S/C16H18FN3O6S/c1-4-26-16(23)12-13(21)15(22)20(2)14(19-12)11-9(17)6-5-7-10(11)18-8-27(3,24)25/h5-7,18,21H,4,8H2,1-3H3. The maximum absolute atomic E-state index is 14.5. The molecule has 1 aromatic heterocycles. The average molecular weight is 399 g/mol. The van der Waals surface area contributed by atoms with Gasteiger partial charge in [0.1, 0.15) is 17.5 Å². The van der Waals surface area contributed by atoms with E-state index in [0.29, 0.717) is 0 Å². The van der Waals surface area contributed by atoms with Crippen LogP contribution in [0.1, 0.15) is 17.4 Å². The third kappa shape index (κ3) is 4.42. The zero-order chi connectivity index (χ0) is 20.4. The molecule has 11 heteroatoms. The topological polar surface area (TPSA) is 128 Å². The van der Waals surface area contributed by atoms with Gasteiger partial charge in [-0.3, -0.25) is 9.36 Å². The van der Waals surface area contributed by atoms with E-state index < -0.39 is 44.5 Å². The minimum Gasteiger partial charge on any atom is -0.501 e. The molecule has 1 aromatic carbocycles. The van der Waals surface area contributed by atoms with Gasteiger partial charge in [0.25, 0.3) is 5.56 Å². The summed E-state index contributed by atoms with van der Waals surface area (Å²) in [6.07, 6.45) is 0.992. The minimum atomic E-state index is -3.42. The molecule has 0 aliphatic heterocycles. The van der Waals surface area contributed by atoms with Gasteiger partial charge in [0.15, 0.2) is 15.5 Å². The molecule has 0 fully saturated rings. The molecule has 0 atom stereocenters. The summed E-state index contributed by atoms with van der Waals surface area (Å²) in [6, 6.07) is 3.82. The van der Waals surface area contributed by atoms with Crippen LogP contribution in [0.5, 0.6) is 5.75 Å². The summed E-state index contributed by atoms with van der Waals surface area (Å²) >= 11 is 0. The lowest BCUT2D eigenvalue weighted by molar-refractivity contribution is 0.0515. The first-order valence-corrected chi connectivity index (χ1v) is 9.80. The summed E-state index contributed by atoms with van der Waals surface area (Å²) in [6.45, 7) is 1.51. The maximum Gasteiger partial charge on any atom is 0.361 e. The molecule has 0 bridgehead atoms. The Morgan fingerprint density at radius 2 is 2.07 bits per heavy atom. The van der Waals surface area contributed by atoms with E-state index in [2.05, 4.69) is 10.3 Å². The van der Waals surface area contributed by atoms with Gasteiger partial charge in [-0.2, -0.15) is 0 Å². The number of aromatic nitrogens is 2. The van der Waals surface area contributed by atoms with Crippen molar-refractivity contribution < 1.29 is 27.4 Å². The number of carbonyl (C=O) groups is 1. The van der Waals surface area contributed by atoms with E-state index in [1.807, 2.05) is 0 Å². The third-order valence-electron chi connectivity index (χ3n) is 3.50. The highest BCUT2D eigenvalue weighted by molar-refractivity contribution is 7.90. The first-order chi connectivity index (χ1) is 12.6. The van der Waals surface area contributed by atoms with Gasteiger partial charge in [-0.25, -0.2) is 22.6 Å². The Balaban J connectivity index is 2.71. The molecule has 0 saturated carbocycles. The van der Waals surface area contributed by atoms with Crippen molar-refractivity contribution in [3.8, 4) is 17.1 Å². The predicted molar refractivity (Wildman–Crippen MR) is 95.8 cm³/mol. The quantitative estimate of drug-likeness (QED) is 0.686. The number of hydrogen-bond acceptors (Lipinski definition) is 8. The van der Waals surface area contributed by atoms with E-state index in [4.69, 9.17) is 4.74 Å². The number of sulfone groups is 1. The van der Waals surface area contributed by atoms with E-state index in [-0.39, 0.29) is 23.7 Å². The molecule has 0 spiro atoms. The number of esters is 1. The van der Waals surface area contributed by atoms with E-state index in [1.54, 1.807) is 0 Å². The van der Waals surface area contributed by atoms with Crippen LogP contribution in [0.2, 0.25) is 0 Å². The van der Waals surface area contributed by atoms with Gasteiger partial charge in [0, 0.05) is 19.0 Å². The molecule has 0 aliphatic carbocycles. The molecular formula is C16H18FN3O6S. The number of benzene rings is 1. The molecule has 0 saturated heterocycles. The second-order valence-electron chi connectivity index (χ2n) is 5.63. The Morgan fingerprint density at radius 1 is 1.41 bits per heavy atom. The van der Waals surface area contributed by atoms with Crippen LogP contribution in [-0.4, -0.2) is 47.8 Å². The second kappa shape index (κ2) is 7.74. The molecule has 2 aromatic rings. The molecule has 0 radical (unpaired) electrons. The van der Waals surface area contributed by atoms with Gasteiger partial charge >= 0.3 is 5.97 Å². The van der Waals surface area contributed by atoms with Crippen LogP contribution in [0.4, 0.5) is 10.1 Å². The monoisotopic (exact) mass is 399 g/mol. The Labute approximate surface area is 154 Å². The lowest BCUT2D eigenvalue weighted by Gasteiger charge is -2.15. The van der Waals surface area contributed by atoms with Crippen molar-refractivity contribution in [1.82, 2.24) is 9.55 Å². The fourth-order valence-electron chi connectivity index (χ4n) is 2.26. The summed E-state index contributed by atoms with van der Waals surface area (Å²) in [5.74, 6) is -3.55. The molecular weight excluding hydrogens is 381 g/mol. The highest BCUT2D eigenvalue weighted by Crippen LogP contribution is 2.30. The second-order valence-corrected chi connectivity index (χ2v) is 7.77. The third-order valence-corrected chi connectivity index (χ3v) is 4.17. The number of nitrogens with zero attached hydrogens (tertiary/aromatic N) is 2. The van der Waals surface area contributed by atoms with Crippen molar-refractivity contribution in [3.63, 3.8) is 0 Å². The van der Waals surface area contributed by atoms with Crippen LogP contribution in [0, 0.1) is 5.82 Å². The van der Waals surface area contributed by atoms with Gasteiger partial charge in [-0.05, 0) is 19.1 Å². The van der Waals surface area contributed by atoms with Crippen molar-refractivity contribution in [2.45, 2.75) is 6.92 Å². The number of halogens is 1. The summed E-state index contributed by atoms with van der Waals surface area (Å²) in [5, 5.41) is 12.5. The van der Waals surface area contributed by atoms with Crippen LogP contribution in [0.3, 0.4) is 0 Å². The van der Waals surface area contributed by atoms with E-state index in [0.717, 1.165) is 16.9 Å². The minimum absolute atomic E-state index is 0.0225. The van der Waals surface area contributed by atoms with Crippen LogP contribution in [0.15, 0.2) is 23.0 Å². The fourth-order valence-corrected chi connectivity index (χ4v) is 2.68. The number of carbonyl (C=O) groups excluding carboxylic acids is 1. The summed E-state index contributed by atoms with van der Waals surface area (Å²) in [7, 11) is -2.20. The highest BCUT2D eigenvalue weighted by atomic mass is 32.2. The van der Waals surface area contributed by atoms with E-state index >= 15 is 0 Å². The summed E-state index contributed by atoms with van der Waals surface area (Å²) in [5.41, 5.74) is -1.83. The molecule has 1 heterocycles. The van der Waals surface area contributed by atoms with Crippen molar-refractivity contribution in [1.29, 1.82) is 0 Å². The molecule has 27 heavy (non-hydrogen) atoms. The zero-order valence-corrected chi connectivity index (χ0v) is 15.6. The molecule has 146 valence electrons. The number of anilines is 1.